The van der Waals surface area contributed by atoms with Gasteiger partial charge in [-0.25, -0.2) is 9.18 Å². The van der Waals surface area contributed by atoms with E-state index in [1.165, 1.54) is 37.1 Å². The van der Waals surface area contributed by atoms with Crippen LogP contribution in [-0.2, 0) is 17.1 Å². The third-order valence-electron chi connectivity index (χ3n) is 6.24. The highest BCUT2D eigenvalue weighted by Gasteiger charge is 2.39. The Balaban J connectivity index is 1.99. The molecule has 5 nitrogen and oxygen atoms in total. The number of hydrogen-bond donors (Lipinski definition) is 1. The summed E-state index contributed by atoms with van der Waals surface area (Å²) in [5.74, 6) is -0.870. The van der Waals surface area contributed by atoms with Crippen LogP contribution in [0.1, 0.15) is 53.2 Å². The molecule has 0 bridgehead atoms. The number of nitrogens with one attached hydrogen (secondary N) is 1. The lowest BCUT2D eigenvalue weighted by atomic mass is 9.97. The minimum absolute atomic E-state index is 0.0253. The highest BCUT2D eigenvalue weighted by molar-refractivity contribution is 5.81. The Morgan fingerprint density at radius 1 is 1.06 bits per heavy atom. The second-order valence-electron chi connectivity index (χ2n) is 8.67. The number of benzene rings is 2. The third-order valence-corrected chi connectivity index (χ3v) is 6.24. The van der Waals surface area contributed by atoms with Gasteiger partial charge in [0.2, 0.25) is 5.91 Å². The first-order valence-electron chi connectivity index (χ1n) is 10.9. The topological polar surface area (TPSA) is 52.7 Å². The van der Waals surface area contributed by atoms with Crippen molar-refractivity contribution in [2.24, 2.45) is 0 Å². The molecular weight excluding hydrogens is 495 g/mol. The van der Waals surface area contributed by atoms with Crippen LogP contribution in [0.3, 0.4) is 0 Å². The lowest BCUT2D eigenvalue weighted by Gasteiger charge is -2.36. The Bertz CT molecular complexity index is 1120. The molecule has 196 valence electrons. The second-order valence-corrected chi connectivity index (χ2v) is 8.67. The van der Waals surface area contributed by atoms with Gasteiger partial charge < -0.3 is 15.1 Å². The molecule has 2 atom stereocenters. The molecule has 0 aromatic heterocycles. The van der Waals surface area contributed by atoms with Gasteiger partial charge in [0.05, 0.1) is 29.6 Å². The van der Waals surface area contributed by atoms with Crippen molar-refractivity contribution in [3.05, 3.63) is 70.0 Å². The molecule has 3 amide bonds. The third kappa shape index (κ3) is 5.90. The van der Waals surface area contributed by atoms with E-state index < -0.39 is 47.4 Å². The van der Waals surface area contributed by atoms with Gasteiger partial charge in [-0.15, -0.1) is 0 Å². The van der Waals surface area contributed by atoms with Gasteiger partial charge in [-0.2, -0.15) is 26.3 Å². The summed E-state index contributed by atoms with van der Waals surface area (Å²) in [5.41, 5.74) is -2.34. The molecule has 0 unspecified atom stereocenters. The molecule has 12 heteroatoms. The van der Waals surface area contributed by atoms with Crippen LogP contribution >= 0.6 is 0 Å². The molecule has 0 saturated carbocycles. The molecule has 1 aliphatic rings. The molecule has 2 aromatic carbocycles. The molecule has 1 saturated heterocycles. The number of alkyl halides is 6. The minimum atomic E-state index is -5.03. The predicted molar refractivity (Wildman–Crippen MR) is 116 cm³/mol. The number of aryl methyl sites for hydroxylation is 1. The molecule has 0 spiro atoms. The van der Waals surface area contributed by atoms with Crippen molar-refractivity contribution in [2.45, 2.75) is 44.7 Å². The fraction of sp³-hybridized carbons (Fsp3) is 0.417. The first-order valence-corrected chi connectivity index (χ1v) is 10.9. The SMILES string of the molecule is Cc1cc(F)ccc1[C@H]1CC(=O)NCCN1C(=O)N(C)[C@@H](C)c1cc(C(F)(F)F)cc(C(F)(F)F)c1. The summed E-state index contributed by atoms with van der Waals surface area (Å²) in [6, 6.07) is 2.36. The van der Waals surface area contributed by atoms with Crippen LogP contribution in [0.4, 0.5) is 35.5 Å². The van der Waals surface area contributed by atoms with E-state index in [0.29, 0.717) is 23.3 Å². The normalized spacial score (nSPS) is 17.9. The predicted octanol–water partition coefficient (Wildman–Crippen LogP) is 5.85. The van der Waals surface area contributed by atoms with Gasteiger partial charge in [-0.1, -0.05) is 6.07 Å². The van der Waals surface area contributed by atoms with Gasteiger partial charge in [-0.05, 0) is 60.9 Å². The van der Waals surface area contributed by atoms with E-state index in [9.17, 15) is 40.3 Å². The number of carbonyl (C=O) groups is 2. The number of urea groups is 1. The minimum Gasteiger partial charge on any atom is -0.354 e. The average molecular weight is 519 g/mol. The first-order chi connectivity index (χ1) is 16.6. The van der Waals surface area contributed by atoms with Crippen LogP contribution in [0.2, 0.25) is 0 Å². The van der Waals surface area contributed by atoms with Crippen molar-refractivity contribution in [2.75, 3.05) is 20.1 Å². The lowest BCUT2D eigenvalue weighted by Crippen LogP contribution is -2.45. The van der Waals surface area contributed by atoms with E-state index in [4.69, 9.17) is 0 Å². The number of halogens is 7. The van der Waals surface area contributed by atoms with E-state index in [0.717, 1.165) is 4.90 Å². The second kappa shape index (κ2) is 9.98. The van der Waals surface area contributed by atoms with Gasteiger partial charge >= 0.3 is 18.4 Å². The van der Waals surface area contributed by atoms with Gasteiger partial charge in [0.1, 0.15) is 5.82 Å². The fourth-order valence-corrected chi connectivity index (χ4v) is 4.16. The Morgan fingerprint density at radius 3 is 2.17 bits per heavy atom. The molecule has 1 fully saturated rings. The number of carbonyl (C=O) groups excluding carboxylic acids is 2. The van der Waals surface area contributed by atoms with Crippen LogP contribution in [0.25, 0.3) is 0 Å². The summed E-state index contributed by atoms with van der Waals surface area (Å²) in [5, 5.41) is 2.63. The number of hydrogen-bond acceptors (Lipinski definition) is 2. The Labute approximate surface area is 202 Å². The summed E-state index contributed by atoms with van der Waals surface area (Å²) in [6.45, 7) is 3.04. The maximum absolute atomic E-state index is 13.7. The lowest BCUT2D eigenvalue weighted by molar-refractivity contribution is -0.143. The molecule has 1 heterocycles. The molecule has 3 rings (SSSR count). The fourth-order valence-electron chi connectivity index (χ4n) is 4.16. The standard InChI is InChI=1S/C24H24F7N3O2/c1-13-8-18(25)4-5-19(13)20-12-21(35)32-6-7-34(20)22(36)33(3)14(2)15-9-16(23(26,27)28)11-17(10-15)24(29,30)31/h4-5,8-11,14,20H,6-7,12H2,1-3H3,(H,32,35)/t14-,20+/m0/s1. The summed E-state index contributed by atoms with van der Waals surface area (Å²) < 4.78 is 93.5. The van der Waals surface area contributed by atoms with Crippen molar-refractivity contribution in [1.29, 1.82) is 0 Å². The summed E-state index contributed by atoms with van der Waals surface area (Å²) >= 11 is 0. The van der Waals surface area contributed by atoms with Crippen LogP contribution < -0.4 is 5.32 Å². The summed E-state index contributed by atoms with van der Waals surface area (Å²) in [7, 11) is 1.26. The van der Waals surface area contributed by atoms with Crippen LogP contribution in [0.15, 0.2) is 36.4 Å². The zero-order valence-corrected chi connectivity index (χ0v) is 19.6. The number of nitrogens with zero attached hydrogens (tertiary/aromatic N) is 2. The maximum Gasteiger partial charge on any atom is 0.416 e. The van der Waals surface area contributed by atoms with E-state index in [1.807, 2.05) is 0 Å². The zero-order valence-electron chi connectivity index (χ0n) is 19.6. The smallest absolute Gasteiger partial charge is 0.354 e. The van der Waals surface area contributed by atoms with Crippen molar-refractivity contribution < 1.29 is 40.3 Å². The quantitative estimate of drug-likeness (QED) is 0.518. The van der Waals surface area contributed by atoms with E-state index in [2.05, 4.69) is 5.32 Å². The van der Waals surface area contributed by atoms with E-state index in [1.54, 1.807) is 6.92 Å². The van der Waals surface area contributed by atoms with Gasteiger partial charge in [0.25, 0.3) is 0 Å². The largest absolute Gasteiger partial charge is 0.416 e. The molecule has 1 aliphatic heterocycles. The van der Waals surface area contributed by atoms with E-state index in [-0.39, 0.29) is 37.0 Å². The van der Waals surface area contributed by atoms with Crippen molar-refractivity contribution >= 4 is 11.9 Å². The highest BCUT2D eigenvalue weighted by atomic mass is 19.4. The Kier molecular flexibility index (Phi) is 7.56. The first kappa shape index (κ1) is 27.3. The molecule has 2 aromatic rings. The Hall–Kier alpha value is -3.31. The number of rotatable bonds is 3. The Morgan fingerprint density at radius 2 is 1.64 bits per heavy atom. The molecule has 0 radical (unpaired) electrons. The molecular formula is C24H24F7N3O2. The van der Waals surface area contributed by atoms with Crippen molar-refractivity contribution in [3.63, 3.8) is 0 Å². The van der Waals surface area contributed by atoms with Gasteiger partial charge in [0, 0.05) is 20.1 Å². The summed E-state index contributed by atoms with van der Waals surface area (Å²) in [6.07, 6.45) is -10.2. The van der Waals surface area contributed by atoms with Crippen LogP contribution in [-0.4, -0.2) is 41.9 Å². The van der Waals surface area contributed by atoms with Crippen molar-refractivity contribution in [3.8, 4) is 0 Å². The maximum atomic E-state index is 13.7. The zero-order chi connectivity index (χ0) is 27.0. The van der Waals surface area contributed by atoms with Crippen LogP contribution in [0.5, 0.6) is 0 Å². The number of amides is 3. The van der Waals surface area contributed by atoms with Crippen LogP contribution in [0, 0.1) is 12.7 Å². The molecule has 0 aliphatic carbocycles. The monoisotopic (exact) mass is 519 g/mol. The highest BCUT2D eigenvalue weighted by Crippen LogP contribution is 2.38. The summed E-state index contributed by atoms with van der Waals surface area (Å²) in [4.78, 5) is 28.1. The van der Waals surface area contributed by atoms with Crippen molar-refractivity contribution in [1.82, 2.24) is 15.1 Å². The van der Waals surface area contributed by atoms with Gasteiger partial charge in [-0.3, -0.25) is 4.79 Å². The molecule has 1 N–H and O–H groups in total. The van der Waals surface area contributed by atoms with Gasteiger partial charge in [0.15, 0.2) is 0 Å². The molecule has 36 heavy (non-hydrogen) atoms. The average Bonchev–Trinajstić information content (AvgIpc) is 2.97. The van der Waals surface area contributed by atoms with E-state index >= 15 is 0 Å².